The van der Waals surface area contributed by atoms with E-state index in [0.717, 1.165) is 16.4 Å². The second-order valence-corrected chi connectivity index (χ2v) is 3.31. The van der Waals surface area contributed by atoms with Gasteiger partial charge in [-0.15, -0.1) is 0 Å². The van der Waals surface area contributed by atoms with Crippen molar-refractivity contribution in [1.29, 1.82) is 0 Å². The van der Waals surface area contributed by atoms with Crippen molar-refractivity contribution in [2.24, 2.45) is 0 Å². The zero-order valence-corrected chi connectivity index (χ0v) is 8.25. The van der Waals surface area contributed by atoms with E-state index in [9.17, 15) is 0 Å². The number of para-hydroxylation sites is 1. The van der Waals surface area contributed by atoms with Crippen LogP contribution in [0, 0.1) is 0 Å². The van der Waals surface area contributed by atoms with Gasteiger partial charge in [0.1, 0.15) is 11.2 Å². The molecule has 0 aliphatic heterocycles. The molecule has 2 aromatic heterocycles. The Hall–Kier alpha value is -2.01. The number of hydrogen-bond acceptors (Lipinski definition) is 4. The minimum Gasteiger partial charge on any atom is -0.523 e. The lowest BCUT2D eigenvalue weighted by Gasteiger charge is -2.00. The summed E-state index contributed by atoms with van der Waals surface area (Å²) in [6.07, 6.45) is 1.57. The van der Waals surface area contributed by atoms with E-state index in [0.29, 0.717) is 19.1 Å². The summed E-state index contributed by atoms with van der Waals surface area (Å²) in [6.45, 7) is 0. The van der Waals surface area contributed by atoms with Gasteiger partial charge in [0.15, 0.2) is 0 Å². The first-order chi connectivity index (χ1) is 7.90. The lowest BCUT2D eigenvalue weighted by atomic mass is 10.2. The topological polar surface area (TPSA) is 55.5 Å². The molecule has 0 saturated carbocycles. The Morgan fingerprint density at radius 3 is 2.94 bits per heavy atom. The second kappa shape index (κ2) is 3.54. The van der Waals surface area contributed by atoms with Crippen molar-refractivity contribution in [3.05, 3.63) is 36.5 Å². The van der Waals surface area contributed by atoms with Gasteiger partial charge in [-0.2, -0.15) is 0 Å². The number of rotatable bonds is 2. The summed E-state index contributed by atoms with van der Waals surface area (Å²) in [5.41, 5.74) is 1.46. The Morgan fingerprint density at radius 2 is 2.06 bits per heavy atom. The smallest absolute Gasteiger partial charge is 0.523 e. The Balaban J connectivity index is 2.43. The maximum atomic E-state index is 8.67. The monoisotopic (exact) mass is 212 g/mol. The molecule has 3 aromatic rings. The van der Waals surface area contributed by atoms with Crippen molar-refractivity contribution in [1.82, 2.24) is 4.98 Å². The summed E-state index contributed by atoms with van der Waals surface area (Å²) in [5.74, 6) is 0.338. The van der Waals surface area contributed by atoms with Gasteiger partial charge < -0.3 is 14.1 Å². The number of nitrogens with zero attached hydrogens (tertiary/aromatic N) is 1. The molecule has 4 nitrogen and oxygen atoms in total. The fraction of sp³-hybridized carbons (Fsp3) is 0. The number of pyridine rings is 1. The third-order valence-corrected chi connectivity index (χ3v) is 2.42. The summed E-state index contributed by atoms with van der Waals surface area (Å²) >= 11 is 0. The maximum absolute atomic E-state index is 8.67. The van der Waals surface area contributed by atoms with E-state index in [1.54, 1.807) is 12.3 Å². The van der Waals surface area contributed by atoms with Crippen molar-refractivity contribution in [2.75, 3.05) is 0 Å². The largest absolute Gasteiger partial charge is 0.570 e. The highest BCUT2D eigenvalue weighted by Gasteiger charge is 2.12. The highest BCUT2D eigenvalue weighted by Crippen LogP contribution is 2.33. The molecule has 0 amide bonds. The Morgan fingerprint density at radius 1 is 1.19 bits per heavy atom. The van der Waals surface area contributed by atoms with E-state index in [4.69, 9.17) is 14.1 Å². The molecule has 1 aromatic carbocycles. The molecule has 0 aliphatic rings. The Bertz CT molecular complexity index is 650. The van der Waals surface area contributed by atoms with Gasteiger partial charge in [-0.1, -0.05) is 18.2 Å². The molecule has 0 fully saturated rings. The average Bonchev–Trinajstić information content (AvgIpc) is 2.68. The predicted molar refractivity (Wildman–Crippen MR) is 60.1 cm³/mol. The average molecular weight is 212 g/mol. The van der Waals surface area contributed by atoms with Crippen molar-refractivity contribution in [3.8, 4) is 5.88 Å². The second-order valence-electron chi connectivity index (χ2n) is 3.31. The van der Waals surface area contributed by atoms with Gasteiger partial charge in [0.25, 0.3) is 0 Å². The molecular formula is C11H7BNO3. The number of benzene rings is 1. The summed E-state index contributed by atoms with van der Waals surface area (Å²) in [5, 5.41) is 10.4. The van der Waals surface area contributed by atoms with E-state index < -0.39 is 0 Å². The van der Waals surface area contributed by atoms with Gasteiger partial charge >= 0.3 is 7.69 Å². The summed E-state index contributed by atoms with van der Waals surface area (Å²) in [7, 11) is 0.615. The highest BCUT2D eigenvalue weighted by molar-refractivity contribution is 6.19. The predicted octanol–water partition coefficient (Wildman–Crippen LogP) is 1.89. The van der Waals surface area contributed by atoms with Crippen molar-refractivity contribution >= 4 is 29.6 Å². The van der Waals surface area contributed by atoms with Crippen LogP contribution in [0.25, 0.3) is 21.9 Å². The van der Waals surface area contributed by atoms with E-state index in [2.05, 4.69) is 4.98 Å². The van der Waals surface area contributed by atoms with Crippen molar-refractivity contribution < 1.29 is 14.1 Å². The molecule has 0 saturated heterocycles. The van der Waals surface area contributed by atoms with Crippen LogP contribution in [-0.2, 0) is 0 Å². The van der Waals surface area contributed by atoms with Crippen LogP contribution in [-0.4, -0.2) is 17.7 Å². The molecule has 0 unspecified atom stereocenters. The normalized spacial score (nSPS) is 10.8. The van der Waals surface area contributed by atoms with Crippen LogP contribution in [0.1, 0.15) is 0 Å². The molecule has 77 valence electrons. The zero-order chi connectivity index (χ0) is 11.0. The van der Waals surface area contributed by atoms with Crippen molar-refractivity contribution in [3.63, 3.8) is 0 Å². The molecule has 16 heavy (non-hydrogen) atoms. The SMILES string of the molecule is O[B]Oc1nccc2oc3ccccc3c12. The lowest BCUT2D eigenvalue weighted by Crippen LogP contribution is -2.01. The lowest BCUT2D eigenvalue weighted by molar-refractivity contribution is 0.446. The molecule has 0 atom stereocenters. The number of furan rings is 1. The van der Waals surface area contributed by atoms with Crippen LogP contribution in [0.5, 0.6) is 5.88 Å². The van der Waals surface area contributed by atoms with Gasteiger partial charge in [0.2, 0.25) is 5.88 Å². The minimum absolute atomic E-state index is 0.338. The summed E-state index contributed by atoms with van der Waals surface area (Å²) in [6, 6.07) is 9.38. The minimum atomic E-state index is 0.338. The number of fused-ring (bicyclic) bond motifs is 3. The van der Waals surface area contributed by atoms with Gasteiger partial charge in [-0.25, -0.2) is 4.98 Å². The van der Waals surface area contributed by atoms with E-state index in [1.165, 1.54) is 0 Å². The first-order valence-electron chi connectivity index (χ1n) is 4.79. The molecular weight excluding hydrogens is 205 g/mol. The zero-order valence-electron chi connectivity index (χ0n) is 8.25. The van der Waals surface area contributed by atoms with E-state index in [-0.39, 0.29) is 0 Å². The van der Waals surface area contributed by atoms with Crippen LogP contribution in [0.15, 0.2) is 40.9 Å². The van der Waals surface area contributed by atoms with Gasteiger partial charge in [-0.3, -0.25) is 0 Å². The molecule has 0 aliphatic carbocycles. The summed E-state index contributed by atoms with van der Waals surface area (Å²) < 4.78 is 10.6. The molecule has 1 N–H and O–H groups in total. The number of aromatic nitrogens is 1. The van der Waals surface area contributed by atoms with Crippen LogP contribution >= 0.6 is 0 Å². The fourth-order valence-electron chi connectivity index (χ4n) is 1.78. The first kappa shape index (κ1) is 9.24. The van der Waals surface area contributed by atoms with Gasteiger partial charge in [0, 0.05) is 17.6 Å². The van der Waals surface area contributed by atoms with E-state index in [1.807, 2.05) is 24.3 Å². The molecule has 0 bridgehead atoms. The van der Waals surface area contributed by atoms with Crippen LogP contribution in [0.3, 0.4) is 0 Å². The van der Waals surface area contributed by atoms with Crippen LogP contribution in [0.2, 0.25) is 0 Å². The molecule has 3 rings (SSSR count). The number of hydrogen-bond donors (Lipinski definition) is 1. The highest BCUT2D eigenvalue weighted by atomic mass is 16.5. The molecule has 1 radical (unpaired) electrons. The standard InChI is InChI=1S/C11H7BNO3/c14-12-16-11-10-7-3-1-2-4-8(7)15-9(10)5-6-13-11/h1-6,14H. The van der Waals surface area contributed by atoms with Crippen LogP contribution < -0.4 is 4.65 Å². The Labute approximate surface area is 91.8 Å². The first-order valence-corrected chi connectivity index (χ1v) is 4.79. The molecule has 0 spiro atoms. The maximum Gasteiger partial charge on any atom is 0.570 e. The third-order valence-electron chi connectivity index (χ3n) is 2.42. The van der Waals surface area contributed by atoms with E-state index >= 15 is 0 Å². The summed E-state index contributed by atoms with van der Waals surface area (Å²) in [4.78, 5) is 4.05. The molecule has 2 heterocycles. The van der Waals surface area contributed by atoms with Crippen molar-refractivity contribution in [2.45, 2.75) is 0 Å². The third kappa shape index (κ3) is 1.25. The van der Waals surface area contributed by atoms with Gasteiger partial charge in [0.05, 0.1) is 5.39 Å². The molecule has 5 heteroatoms. The van der Waals surface area contributed by atoms with Gasteiger partial charge in [-0.05, 0) is 6.07 Å². The Kier molecular flexibility index (Phi) is 2.04. The quantitative estimate of drug-likeness (QED) is 0.659. The van der Waals surface area contributed by atoms with Crippen LogP contribution in [0.4, 0.5) is 0 Å². The fourth-order valence-corrected chi connectivity index (χ4v) is 1.78.